The van der Waals surface area contributed by atoms with Gasteiger partial charge in [-0.3, -0.25) is 14.4 Å². The molecule has 90 heavy (non-hydrogen) atoms. The molecule has 17 rings (SSSR count). The van der Waals surface area contributed by atoms with Crippen LogP contribution >= 0.6 is 0 Å². The van der Waals surface area contributed by atoms with Crippen LogP contribution in [0.25, 0.3) is 0 Å². The van der Waals surface area contributed by atoms with E-state index in [1.807, 2.05) is 13.8 Å². The largest absolute Gasteiger partial charge is 0.462 e. The maximum atomic E-state index is 14.7. The maximum Gasteiger partial charge on any atom is 0.308 e. The minimum absolute atomic E-state index is 0.0333. The van der Waals surface area contributed by atoms with Gasteiger partial charge in [0, 0.05) is 90.4 Å². The van der Waals surface area contributed by atoms with E-state index in [0.29, 0.717) is 96.3 Å². The van der Waals surface area contributed by atoms with Crippen LogP contribution < -0.4 is 0 Å². The van der Waals surface area contributed by atoms with E-state index in [0.717, 1.165) is 0 Å². The van der Waals surface area contributed by atoms with Gasteiger partial charge in [-0.1, -0.05) is 27.7 Å². The Balaban J connectivity index is 0.625. The monoisotopic (exact) mass is 1270 g/mol. The number of rotatable bonds is 6. The lowest BCUT2D eigenvalue weighted by molar-refractivity contribution is -0.369. The molecule has 3 spiro atoms. The predicted octanol–water partition coefficient (Wildman–Crippen LogP) is 2.81. The number of hydrogen-bond acceptors (Lipinski definition) is 25. The van der Waals surface area contributed by atoms with Gasteiger partial charge in [0.25, 0.3) is 0 Å². The summed E-state index contributed by atoms with van der Waals surface area (Å²) >= 11 is 0. The van der Waals surface area contributed by atoms with Crippen LogP contribution in [0.15, 0.2) is 0 Å². The number of aliphatic hydroxyl groups excluding tert-OH is 2. The third-order valence-corrected chi connectivity index (χ3v) is 24.3. The summed E-state index contributed by atoms with van der Waals surface area (Å²) in [4.78, 5) is 38.5. The van der Waals surface area contributed by atoms with E-state index in [1.54, 1.807) is 0 Å². The second kappa shape index (κ2) is 23.2. The van der Waals surface area contributed by atoms with Crippen molar-refractivity contribution in [2.45, 2.75) is 344 Å². The van der Waals surface area contributed by atoms with Crippen LogP contribution in [-0.4, -0.2) is 245 Å². The first-order chi connectivity index (χ1) is 43.1. The van der Waals surface area contributed by atoms with Crippen molar-refractivity contribution >= 4 is 17.9 Å². The van der Waals surface area contributed by atoms with Crippen molar-refractivity contribution in [1.29, 1.82) is 0 Å². The van der Waals surface area contributed by atoms with E-state index in [4.69, 9.17) is 85.3 Å². The molecule has 17 fully saturated rings. The maximum absolute atomic E-state index is 14.7. The van der Waals surface area contributed by atoms with Crippen molar-refractivity contribution < 1.29 is 120 Å². The molecule has 0 aliphatic carbocycles. The molecule has 0 aromatic heterocycles. The number of aliphatic hydroxyl groups is 4. The molecule has 12 bridgehead atoms. The minimum Gasteiger partial charge on any atom is -0.462 e. The Morgan fingerprint density at radius 2 is 1.14 bits per heavy atom. The summed E-state index contributed by atoms with van der Waals surface area (Å²) in [7, 11) is 0. The summed E-state index contributed by atoms with van der Waals surface area (Å²) in [5.74, 6) is -5.11. The van der Waals surface area contributed by atoms with E-state index in [1.165, 1.54) is 13.8 Å². The first-order valence-corrected chi connectivity index (χ1v) is 34.2. The fraction of sp³-hybridized carbons (Fsp3) is 0.954. The molecular formula is C65H94O25. The van der Waals surface area contributed by atoms with Gasteiger partial charge in [0.2, 0.25) is 0 Å². The van der Waals surface area contributed by atoms with E-state index in [2.05, 4.69) is 13.8 Å². The third kappa shape index (κ3) is 10.8. The van der Waals surface area contributed by atoms with E-state index < -0.39 is 163 Å². The molecule has 0 amide bonds. The quantitative estimate of drug-likeness (QED) is 0.220. The van der Waals surface area contributed by atoms with Crippen LogP contribution in [0.2, 0.25) is 0 Å². The van der Waals surface area contributed by atoms with Crippen LogP contribution in [0.3, 0.4) is 0 Å². The molecule has 35 atom stereocenters. The molecule has 0 saturated carbocycles. The van der Waals surface area contributed by atoms with Crippen LogP contribution in [0.5, 0.6) is 0 Å². The van der Waals surface area contributed by atoms with Gasteiger partial charge in [-0.05, 0) is 56.3 Å². The van der Waals surface area contributed by atoms with Gasteiger partial charge in [0.05, 0.1) is 130 Å². The van der Waals surface area contributed by atoms with Crippen LogP contribution in [0.1, 0.15) is 157 Å². The van der Waals surface area contributed by atoms with Gasteiger partial charge in [0.15, 0.2) is 23.5 Å². The Morgan fingerprint density at radius 3 is 1.94 bits per heavy atom. The molecule has 0 aromatic rings. The highest BCUT2D eigenvalue weighted by atomic mass is 16.8. The average Bonchev–Trinajstić information content (AvgIpc) is 1.53. The van der Waals surface area contributed by atoms with E-state index >= 15 is 0 Å². The summed E-state index contributed by atoms with van der Waals surface area (Å²) in [5.41, 5.74) is -3.18. The van der Waals surface area contributed by atoms with Gasteiger partial charge >= 0.3 is 17.9 Å². The lowest BCUT2D eigenvalue weighted by atomic mass is 9.74. The average molecular weight is 1280 g/mol. The molecule has 17 heterocycles. The second-order valence-electron chi connectivity index (χ2n) is 30.5. The first kappa shape index (κ1) is 62.5. The highest BCUT2D eigenvalue weighted by Crippen LogP contribution is 2.58. The Kier molecular flexibility index (Phi) is 16.1. The summed E-state index contributed by atoms with van der Waals surface area (Å²) in [6.45, 7) is 9.74. The fourth-order valence-electron chi connectivity index (χ4n) is 20.1. The third-order valence-electron chi connectivity index (χ3n) is 24.3. The first-order valence-electron chi connectivity index (χ1n) is 34.2. The standard InChI is InChI=1S/C65H94O25/c1-28-19-63(86-44-16-38-39(81-52(28)44)15-40(78-38)48(74-33(6)69)25-73-32(5)68)20-29(2)53-47(87-63)24-64(88-53)22-45-41(85-64)17-42-54(82-45)31(4)55-43(79-42)18-50-65(72,27-67)30(3)13-34(75-50)8-10-49-61(71,26-66)21-36(76-49)11-12-62-23-46-57(89-62)58-59(83-46)60(90-62)56-37(80-58)9-7-35(77-56)14-51(70)84-55/h28-31,34-50,52-60,66-67,71-72H,7-27H2,1-6H3/t28-,29-,30+,31-,34-,35?,36-,37+,38+,39+,40?,41+,42-,43-,44-,45+,46?,47-,48?,49-,50?,52-,53-,54-,55+,56-,57-,58?,59-,60-,61?,62-,63+,64-,65?/m0/s1. The molecular weight excluding hydrogens is 1180 g/mol. The highest BCUT2D eigenvalue weighted by molar-refractivity contribution is 5.70. The smallest absolute Gasteiger partial charge is 0.308 e. The number of carbonyl (C=O) groups excluding carboxylic acids is 3. The number of fused-ring (bicyclic) bond motifs is 11. The van der Waals surface area contributed by atoms with E-state index in [9.17, 15) is 34.8 Å². The Hall–Kier alpha value is -2.35. The van der Waals surface area contributed by atoms with E-state index in [-0.39, 0.29) is 105 Å². The molecule has 25 heteroatoms. The molecule has 8 unspecified atom stereocenters. The van der Waals surface area contributed by atoms with Crippen LogP contribution in [-0.2, 0) is 99.6 Å². The van der Waals surface area contributed by atoms with Gasteiger partial charge in [0.1, 0.15) is 60.5 Å². The molecule has 504 valence electrons. The molecule has 17 aliphatic heterocycles. The second-order valence-corrected chi connectivity index (χ2v) is 30.5. The summed E-state index contributed by atoms with van der Waals surface area (Å²) in [6, 6.07) is 0. The Morgan fingerprint density at radius 1 is 0.489 bits per heavy atom. The number of ether oxygens (including phenoxy) is 18. The van der Waals surface area contributed by atoms with Gasteiger partial charge in [-0.25, -0.2) is 0 Å². The zero-order chi connectivity index (χ0) is 62.1. The molecule has 0 aromatic carbocycles. The summed E-state index contributed by atoms with van der Waals surface area (Å²) in [6.07, 6.45) is -4.51. The normalized spacial score (nSPS) is 56.8. The molecule has 25 nitrogen and oxygen atoms in total. The molecule has 17 aliphatic rings. The van der Waals surface area contributed by atoms with Crippen molar-refractivity contribution in [3.05, 3.63) is 0 Å². The number of hydrogen-bond donors (Lipinski definition) is 4. The zero-order valence-electron chi connectivity index (χ0n) is 52.5. The van der Waals surface area contributed by atoms with Gasteiger partial charge in [-0.2, -0.15) is 0 Å². The SMILES string of the molecule is CC(=O)OCC(OC(C)=O)C1C[C@H]2O[C@@H]3[C@H](C[C@H]2O1)O[C@@]1(C[C@@H]3C)C[C@H](C)[C@@H]2O[C@]3(C[C@@H]2O1)C[C@H]1O[C@H]2[C@H](C)[C@H]4OC(=O)CC5CC[C@H]6OC7[C@H]8O[C@]9(CC[C@H]%10CC(O)(CO)[C@H](CC[C@H]%11C[C@@H](C)C(O)(CO)C(C[C@@H]4O[C@H]2C[C@H]1O3)O%11)O%10)CC8O[C@@H]7[C@@H](O9)[C@H]6O5. The van der Waals surface area contributed by atoms with Gasteiger partial charge < -0.3 is 106 Å². The van der Waals surface area contributed by atoms with Crippen LogP contribution in [0.4, 0.5) is 0 Å². The van der Waals surface area contributed by atoms with Crippen molar-refractivity contribution in [2.75, 3.05) is 19.8 Å². The molecule has 4 N–H and O–H groups in total. The zero-order valence-corrected chi connectivity index (χ0v) is 52.5. The van der Waals surface area contributed by atoms with Crippen molar-refractivity contribution in [1.82, 2.24) is 0 Å². The Bertz CT molecular complexity index is 2710. The predicted molar refractivity (Wildman–Crippen MR) is 301 cm³/mol. The fourth-order valence-corrected chi connectivity index (χ4v) is 20.1. The number of esters is 3. The number of carbonyl (C=O) groups is 3. The van der Waals surface area contributed by atoms with Crippen molar-refractivity contribution in [3.8, 4) is 0 Å². The van der Waals surface area contributed by atoms with Crippen molar-refractivity contribution in [3.63, 3.8) is 0 Å². The topological polar surface area (TPSA) is 298 Å². The van der Waals surface area contributed by atoms with Crippen molar-refractivity contribution in [2.24, 2.45) is 23.7 Å². The minimum atomic E-state index is -1.68. The lowest BCUT2D eigenvalue weighted by Crippen LogP contribution is -2.63. The Labute approximate surface area is 524 Å². The molecule has 0 radical (unpaired) electrons. The summed E-state index contributed by atoms with van der Waals surface area (Å²) in [5, 5.41) is 46.2. The van der Waals surface area contributed by atoms with Gasteiger partial charge in [-0.15, -0.1) is 0 Å². The highest BCUT2D eigenvalue weighted by Gasteiger charge is 2.70. The summed E-state index contributed by atoms with van der Waals surface area (Å²) < 4.78 is 121. The van der Waals surface area contributed by atoms with Crippen LogP contribution in [0, 0.1) is 23.7 Å². The lowest BCUT2D eigenvalue weighted by Gasteiger charge is -2.54. The molecule has 17 saturated heterocycles.